The second-order valence-electron chi connectivity index (χ2n) is 3.75. The highest BCUT2D eigenvalue weighted by molar-refractivity contribution is 9.10. The Labute approximate surface area is 118 Å². The summed E-state index contributed by atoms with van der Waals surface area (Å²) in [5, 5.41) is 8.62. The predicted octanol–water partition coefficient (Wildman–Crippen LogP) is 1.70. The van der Waals surface area contributed by atoms with Gasteiger partial charge in [0.05, 0.1) is 0 Å². The topological polar surface area (TPSA) is 69.6 Å². The van der Waals surface area contributed by atoms with Crippen molar-refractivity contribution in [1.82, 2.24) is 4.31 Å². The summed E-state index contributed by atoms with van der Waals surface area (Å²) in [5.74, 6) is -2.04. The Hall–Kier alpha value is -0.770. The van der Waals surface area contributed by atoms with Crippen molar-refractivity contribution in [2.75, 3.05) is 24.9 Å². The SMILES string of the molecule is CN(CCCO)S(=O)(=O)Nc1c(F)cc(Br)cc1F. The van der Waals surface area contributed by atoms with Crippen molar-refractivity contribution in [2.24, 2.45) is 0 Å². The van der Waals surface area contributed by atoms with Crippen LogP contribution in [0.3, 0.4) is 0 Å². The lowest BCUT2D eigenvalue weighted by atomic mass is 10.3. The summed E-state index contributed by atoms with van der Waals surface area (Å²) in [6, 6.07) is 1.91. The van der Waals surface area contributed by atoms with Crippen LogP contribution in [-0.4, -0.2) is 38.0 Å². The molecule has 19 heavy (non-hydrogen) atoms. The molecule has 0 aromatic heterocycles. The zero-order chi connectivity index (χ0) is 14.6. The number of anilines is 1. The molecule has 0 atom stereocenters. The van der Waals surface area contributed by atoms with Gasteiger partial charge in [-0.25, -0.2) is 8.78 Å². The molecule has 1 aromatic carbocycles. The molecule has 5 nitrogen and oxygen atoms in total. The van der Waals surface area contributed by atoms with Crippen molar-refractivity contribution in [3.05, 3.63) is 28.2 Å². The minimum atomic E-state index is -4.07. The Morgan fingerprint density at radius 2 is 1.89 bits per heavy atom. The van der Waals surface area contributed by atoms with Gasteiger partial charge < -0.3 is 5.11 Å². The Morgan fingerprint density at radius 1 is 1.37 bits per heavy atom. The molecule has 0 aliphatic carbocycles. The van der Waals surface area contributed by atoms with Crippen LogP contribution < -0.4 is 4.72 Å². The van der Waals surface area contributed by atoms with Crippen LogP contribution in [0.1, 0.15) is 6.42 Å². The highest BCUT2D eigenvalue weighted by atomic mass is 79.9. The number of aliphatic hydroxyl groups excluding tert-OH is 1. The molecule has 0 amide bonds. The standard InChI is InChI=1S/C10H13BrF2N2O3S/c1-15(3-2-4-16)19(17,18)14-10-8(12)5-7(11)6-9(10)13/h5-6,14,16H,2-4H2,1H3. The molecule has 2 N–H and O–H groups in total. The maximum atomic E-state index is 13.5. The fourth-order valence-corrected chi connectivity index (χ4v) is 2.64. The summed E-state index contributed by atoms with van der Waals surface area (Å²) >= 11 is 2.89. The van der Waals surface area contributed by atoms with Gasteiger partial charge in [0.1, 0.15) is 5.69 Å². The van der Waals surface area contributed by atoms with E-state index in [9.17, 15) is 17.2 Å². The van der Waals surface area contributed by atoms with Gasteiger partial charge in [0.15, 0.2) is 11.6 Å². The summed E-state index contributed by atoms with van der Waals surface area (Å²) in [7, 11) is -2.82. The normalized spacial score (nSPS) is 11.9. The molecule has 9 heteroatoms. The van der Waals surface area contributed by atoms with Gasteiger partial charge in [-0.05, 0) is 18.6 Å². The van der Waals surface area contributed by atoms with Gasteiger partial charge in [0, 0.05) is 24.7 Å². The molecule has 0 heterocycles. The summed E-state index contributed by atoms with van der Waals surface area (Å²) in [6.45, 7) is -0.146. The zero-order valence-electron chi connectivity index (χ0n) is 10.0. The van der Waals surface area contributed by atoms with Crippen molar-refractivity contribution >= 4 is 31.8 Å². The van der Waals surface area contributed by atoms with Crippen LogP contribution in [0.15, 0.2) is 16.6 Å². The number of rotatable bonds is 6. The molecule has 0 saturated carbocycles. The van der Waals surface area contributed by atoms with Gasteiger partial charge >= 0.3 is 10.2 Å². The second kappa shape index (κ2) is 6.60. The highest BCUT2D eigenvalue weighted by Crippen LogP contribution is 2.25. The monoisotopic (exact) mass is 358 g/mol. The molecule has 0 aliphatic heterocycles. The van der Waals surface area contributed by atoms with Crippen LogP contribution in [0.25, 0.3) is 0 Å². The number of hydrogen-bond acceptors (Lipinski definition) is 3. The molecule has 0 saturated heterocycles. The van der Waals surface area contributed by atoms with Crippen molar-refractivity contribution in [1.29, 1.82) is 0 Å². The number of benzene rings is 1. The number of hydrogen-bond donors (Lipinski definition) is 2. The van der Waals surface area contributed by atoms with Crippen LogP contribution in [0.5, 0.6) is 0 Å². The molecule has 0 spiro atoms. The van der Waals surface area contributed by atoms with E-state index in [1.807, 2.05) is 4.72 Å². The molecular weight excluding hydrogens is 346 g/mol. The van der Waals surface area contributed by atoms with Crippen LogP contribution in [0, 0.1) is 11.6 Å². The van der Waals surface area contributed by atoms with E-state index in [4.69, 9.17) is 5.11 Å². The summed E-state index contributed by atoms with van der Waals surface area (Å²) in [4.78, 5) is 0. The van der Waals surface area contributed by atoms with Gasteiger partial charge in [-0.1, -0.05) is 15.9 Å². The molecule has 1 aromatic rings. The van der Waals surface area contributed by atoms with E-state index in [0.29, 0.717) is 0 Å². The number of halogens is 3. The number of nitrogens with one attached hydrogen (secondary N) is 1. The van der Waals surface area contributed by atoms with Crippen molar-refractivity contribution < 1.29 is 22.3 Å². The van der Waals surface area contributed by atoms with Gasteiger partial charge in [-0.2, -0.15) is 12.7 Å². The predicted molar refractivity (Wildman–Crippen MR) is 70.9 cm³/mol. The number of nitrogens with zero attached hydrogens (tertiary/aromatic N) is 1. The average molecular weight is 359 g/mol. The Morgan fingerprint density at radius 3 is 2.37 bits per heavy atom. The first kappa shape index (κ1) is 16.3. The third-order valence-electron chi connectivity index (χ3n) is 2.28. The molecule has 0 radical (unpaired) electrons. The van der Waals surface area contributed by atoms with E-state index in [1.54, 1.807) is 0 Å². The lowest BCUT2D eigenvalue weighted by Crippen LogP contribution is -2.34. The second-order valence-corrected chi connectivity index (χ2v) is 6.44. The van der Waals surface area contributed by atoms with Crippen molar-refractivity contribution in [3.63, 3.8) is 0 Å². The van der Waals surface area contributed by atoms with Crippen LogP contribution in [0.2, 0.25) is 0 Å². The van der Waals surface area contributed by atoms with E-state index >= 15 is 0 Å². The van der Waals surface area contributed by atoms with Crippen LogP contribution in [0.4, 0.5) is 14.5 Å². The minimum Gasteiger partial charge on any atom is -0.396 e. The molecule has 1 rings (SSSR count). The summed E-state index contributed by atoms with van der Waals surface area (Å²) in [5.41, 5.74) is -0.737. The van der Waals surface area contributed by atoms with Crippen LogP contribution >= 0.6 is 15.9 Å². The van der Waals surface area contributed by atoms with E-state index < -0.39 is 27.5 Å². The van der Waals surface area contributed by atoms with E-state index in [1.165, 1.54) is 7.05 Å². The third kappa shape index (κ3) is 4.37. The first-order chi connectivity index (χ1) is 8.77. The third-order valence-corrected chi connectivity index (χ3v) is 4.20. The quantitative estimate of drug-likeness (QED) is 0.812. The molecular formula is C10H13BrF2N2O3S. The Balaban J connectivity index is 2.96. The zero-order valence-corrected chi connectivity index (χ0v) is 12.4. The van der Waals surface area contributed by atoms with E-state index in [-0.39, 0.29) is 24.0 Å². The van der Waals surface area contributed by atoms with Gasteiger partial charge in [-0.3, -0.25) is 4.72 Å². The molecule has 108 valence electrons. The number of aliphatic hydroxyl groups is 1. The lowest BCUT2D eigenvalue weighted by molar-refractivity contribution is 0.276. The van der Waals surface area contributed by atoms with Crippen LogP contribution in [-0.2, 0) is 10.2 Å². The smallest absolute Gasteiger partial charge is 0.301 e. The molecule has 0 aliphatic rings. The highest BCUT2D eigenvalue weighted by Gasteiger charge is 2.21. The molecule has 0 unspecified atom stereocenters. The van der Waals surface area contributed by atoms with Gasteiger partial charge in [0.2, 0.25) is 0 Å². The lowest BCUT2D eigenvalue weighted by Gasteiger charge is -2.18. The largest absolute Gasteiger partial charge is 0.396 e. The average Bonchev–Trinajstić information content (AvgIpc) is 2.30. The molecule has 0 bridgehead atoms. The van der Waals surface area contributed by atoms with E-state index in [2.05, 4.69) is 15.9 Å². The fraction of sp³-hybridized carbons (Fsp3) is 0.400. The Kier molecular flexibility index (Phi) is 5.65. The van der Waals surface area contributed by atoms with E-state index in [0.717, 1.165) is 16.4 Å². The first-order valence-corrected chi connectivity index (χ1v) is 7.50. The van der Waals surface area contributed by atoms with Gasteiger partial charge in [-0.15, -0.1) is 0 Å². The fourth-order valence-electron chi connectivity index (χ4n) is 1.26. The maximum Gasteiger partial charge on any atom is 0.301 e. The Bertz CT molecular complexity index is 531. The maximum absolute atomic E-state index is 13.5. The minimum absolute atomic E-state index is 0.0333. The van der Waals surface area contributed by atoms with Crippen molar-refractivity contribution in [2.45, 2.75) is 6.42 Å². The van der Waals surface area contributed by atoms with Crippen molar-refractivity contribution in [3.8, 4) is 0 Å². The summed E-state index contributed by atoms with van der Waals surface area (Å²) in [6.07, 6.45) is 0.225. The molecule has 0 fully saturated rings. The first-order valence-electron chi connectivity index (χ1n) is 5.27. The summed E-state index contributed by atoms with van der Waals surface area (Å²) < 4.78 is 53.4. The van der Waals surface area contributed by atoms with Gasteiger partial charge in [0.25, 0.3) is 0 Å².